The fourth-order valence-electron chi connectivity index (χ4n) is 2.54. The summed E-state index contributed by atoms with van der Waals surface area (Å²) in [5, 5.41) is 4.04. The van der Waals surface area contributed by atoms with Gasteiger partial charge in [0, 0.05) is 19.3 Å². The van der Waals surface area contributed by atoms with Crippen LogP contribution in [-0.2, 0) is 23.1 Å². The molecule has 1 aromatic carbocycles. The van der Waals surface area contributed by atoms with E-state index in [1.54, 1.807) is 13.8 Å². The number of nitrogens with zero attached hydrogens (tertiary/aromatic N) is 3. The second-order valence-corrected chi connectivity index (χ2v) is 7.85. The van der Waals surface area contributed by atoms with Crippen LogP contribution < -0.4 is 10.3 Å². The molecule has 26 heavy (non-hydrogen) atoms. The van der Waals surface area contributed by atoms with Gasteiger partial charge in [-0.2, -0.15) is 5.10 Å². The van der Waals surface area contributed by atoms with Gasteiger partial charge in [-0.25, -0.2) is 22.2 Å². The van der Waals surface area contributed by atoms with E-state index in [1.165, 1.54) is 39.5 Å². The quantitative estimate of drug-likeness (QED) is 0.713. The van der Waals surface area contributed by atoms with Crippen molar-refractivity contribution in [1.82, 2.24) is 18.9 Å². The van der Waals surface area contributed by atoms with Gasteiger partial charge < -0.3 is 0 Å². The van der Waals surface area contributed by atoms with Gasteiger partial charge in [-0.3, -0.25) is 9.20 Å². The van der Waals surface area contributed by atoms with Crippen molar-refractivity contribution < 1.29 is 12.8 Å². The van der Waals surface area contributed by atoms with Crippen LogP contribution in [0.3, 0.4) is 0 Å². The Hall–Kier alpha value is -2.23. The fourth-order valence-corrected chi connectivity index (χ4v) is 3.78. The molecular formula is C16H16ClFN4O3S. The molecule has 0 radical (unpaired) electrons. The van der Waals surface area contributed by atoms with Gasteiger partial charge in [-0.15, -0.1) is 0 Å². The Morgan fingerprint density at radius 3 is 2.69 bits per heavy atom. The zero-order chi connectivity index (χ0) is 19.1. The van der Waals surface area contributed by atoms with Crippen LogP contribution in [-0.4, -0.2) is 22.6 Å². The highest BCUT2D eigenvalue weighted by Crippen LogP contribution is 2.17. The zero-order valence-electron chi connectivity index (χ0n) is 14.0. The summed E-state index contributed by atoms with van der Waals surface area (Å²) in [7, 11) is -3.88. The van der Waals surface area contributed by atoms with Gasteiger partial charge in [0.1, 0.15) is 22.1 Å². The monoisotopic (exact) mass is 398 g/mol. The molecule has 3 aromatic rings. The molecule has 0 atom stereocenters. The van der Waals surface area contributed by atoms with Gasteiger partial charge in [0.2, 0.25) is 10.0 Å². The Morgan fingerprint density at radius 2 is 2.04 bits per heavy atom. The van der Waals surface area contributed by atoms with E-state index < -0.39 is 15.8 Å². The number of aryl methyl sites for hydroxylation is 2. The van der Waals surface area contributed by atoms with Crippen LogP contribution >= 0.6 is 11.6 Å². The predicted molar refractivity (Wildman–Crippen MR) is 95.3 cm³/mol. The molecular weight excluding hydrogens is 383 g/mol. The minimum Gasteiger partial charge on any atom is -0.298 e. The summed E-state index contributed by atoms with van der Waals surface area (Å²) in [6.45, 7) is 3.78. The Morgan fingerprint density at radius 1 is 1.31 bits per heavy atom. The topological polar surface area (TPSA) is 85.5 Å². The molecule has 10 heteroatoms. The lowest BCUT2D eigenvalue weighted by atomic mass is 10.2. The molecule has 0 saturated heterocycles. The Balaban J connectivity index is 1.94. The molecule has 138 valence electrons. The standard InChI is InChI=1S/C16H16ClFN4O3S/c1-3-22-16(23)15-7-12(9-21(15)10(2)20-22)26(24,25)19-8-11-4-5-14(18)13(17)6-11/h4-7,9,19H,3,8H2,1-2H3. The van der Waals surface area contributed by atoms with Crippen LogP contribution in [0.25, 0.3) is 5.52 Å². The van der Waals surface area contributed by atoms with Crippen molar-refractivity contribution in [3.8, 4) is 0 Å². The van der Waals surface area contributed by atoms with Crippen LogP contribution in [0.1, 0.15) is 18.3 Å². The van der Waals surface area contributed by atoms with Crippen molar-refractivity contribution in [1.29, 1.82) is 0 Å². The largest absolute Gasteiger partial charge is 0.298 e. The molecule has 0 amide bonds. The number of nitrogens with one attached hydrogen (secondary N) is 1. The first-order chi connectivity index (χ1) is 12.2. The summed E-state index contributed by atoms with van der Waals surface area (Å²) in [4.78, 5) is 12.3. The number of halogens is 2. The van der Waals surface area contributed by atoms with Crippen molar-refractivity contribution in [3.05, 3.63) is 63.0 Å². The Bertz CT molecular complexity index is 1150. The van der Waals surface area contributed by atoms with Crippen molar-refractivity contribution >= 4 is 27.1 Å². The lowest BCUT2D eigenvalue weighted by molar-refractivity contribution is 0.581. The SMILES string of the molecule is CCn1nc(C)n2cc(S(=O)(=O)NCc3ccc(F)c(Cl)c3)cc2c1=O. The first kappa shape index (κ1) is 18.6. The molecule has 0 aliphatic heterocycles. The number of hydrogen-bond acceptors (Lipinski definition) is 4. The highest BCUT2D eigenvalue weighted by molar-refractivity contribution is 7.89. The second kappa shape index (κ2) is 6.82. The van der Waals surface area contributed by atoms with Crippen LogP contribution in [0.15, 0.2) is 40.2 Å². The van der Waals surface area contributed by atoms with E-state index in [0.29, 0.717) is 17.9 Å². The highest BCUT2D eigenvalue weighted by Gasteiger charge is 2.19. The summed E-state index contributed by atoms with van der Waals surface area (Å²) in [6, 6.07) is 5.27. The van der Waals surface area contributed by atoms with Crippen LogP contribution in [0, 0.1) is 12.7 Å². The summed E-state index contributed by atoms with van der Waals surface area (Å²) in [5.41, 5.74) is 0.365. The molecule has 0 bridgehead atoms. The third-order valence-corrected chi connectivity index (χ3v) is 5.58. The molecule has 0 unspecified atom stereocenters. The summed E-state index contributed by atoms with van der Waals surface area (Å²) in [6.07, 6.45) is 1.35. The maximum atomic E-state index is 13.2. The molecule has 0 saturated carbocycles. The average Bonchev–Trinajstić information content (AvgIpc) is 3.06. The van der Waals surface area contributed by atoms with E-state index >= 15 is 0 Å². The van der Waals surface area contributed by atoms with E-state index in [1.807, 2.05) is 0 Å². The first-order valence-electron chi connectivity index (χ1n) is 7.76. The minimum atomic E-state index is -3.88. The van der Waals surface area contributed by atoms with Crippen molar-refractivity contribution in [2.75, 3.05) is 0 Å². The number of aromatic nitrogens is 3. The molecule has 2 aromatic heterocycles. The maximum absolute atomic E-state index is 13.2. The van der Waals surface area contributed by atoms with E-state index in [9.17, 15) is 17.6 Å². The van der Waals surface area contributed by atoms with Gasteiger partial charge in [0.25, 0.3) is 5.56 Å². The number of rotatable bonds is 5. The van der Waals surface area contributed by atoms with Gasteiger partial charge in [-0.1, -0.05) is 17.7 Å². The third-order valence-electron chi connectivity index (χ3n) is 3.92. The van der Waals surface area contributed by atoms with Gasteiger partial charge in [0.05, 0.1) is 5.02 Å². The molecule has 3 rings (SSSR count). The summed E-state index contributed by atoms with van der Waals surface area (Å²) in [5.74, 6) is -0.0830. The summed E-state index contributed by atoms with van der Waals surface area (Å²) >= 11 is 5.70. The molecule has 2 heterocycles. The highest BCUT2D eigenvalue weighted by atomic mass is 35.5. The van der Waals surface area contributed by atoms with Crippen molar-refractivity contribution in [2.24, 2.45) is 0 Å². The van der Waals surface area contributed by atoms with Gasteiger partial charge in [-0.05, 0) is 37.6 Å². The molecule has 7 nitrogen and oxygen atoms in total. The van der Waals surface area contributed by atoms with E-state index in [4.69, 9.17) is 11.6 Å². The second-order valence-electron chi connectivity index (χ2n) is 5.67. The molecule has 0 aliphatic carbocycles. The number of hydrogen-bond donors (Lipinski definition) is 1. The van der Waals surface area contributed by atoms with Gasteiger partial charge in [0.15, 0.2) is 0 Å². The van der Waals surface area contributed by atoms with Crippen LogP contribution in [0.4, 0.5) is 4.39 Å². The molecule has 0 aliphatic rings. The fraction of sp³-hybridized carbons (Fsp3) is 0.250. The zero-order valence-corrected chi connectivity index (χ0v) is 15.6. The van der Waals surface area contributed by atoms with E-state index in [0.717, 1.165) is 0 Å². The minimum absolute atomic E-state index is 0.0541. The van der Waals surface area contributed by atoms with E-state index in [2.05, 4.69) is 9.82 Å². The lowest BCUT2D eigenvalue weighted by Crippen LogP contribution is -2.25. The molecule has 1 N–H and O–H groups in total. The van der Waals surface area contributed by atoms with Crippen molar-refractivity contribution in [3.63, 3.8) is 0 Å². The van der Waals surface area contributed by atoms with Crippen LogP contribution in [0.5, 0.6) is 0 Å². The number of fused-ring (bicyclic) bond motifs is 1. The average molecular weight is 399 g/mol. The van der Waals surface area contributed by atoms with Gasteiger partial charge >= 0.3 is 0 Å². The number of sulfonamides is 1. The third kappa shape index (κ3) is 3.37. The smallest absolute Gasteiger partial charge is 0.291 e. The normalized spacial score (nSPS) is 12.0. The lowest BCUT2D eigenvalue weighted by Gasteiger charge is -2.06. The van der Waals surface area contributed by atoms with Crippen LogP contribution in [0.2, 0.25) is 5.02 Å². The first-order valence-corrected chi connectivity index (χ1v) is 9.62. The maximum Gasteiger partial charge on any atom is 0.291 e. The Labute approximate surface area is 154 Å². The number of benzene rings is 1. The molecule has 0 spiro atoms. The Kier molecular flexibility index (Phi) is 4.87. The summed E-state index contributed by atoms with van der Waals surface area (Å²) < 4.78 is 43.4. The predicted octanol–water partition coefficient (Wildman–Crippen LogP) is 2.10. The van der Waals surface area contributed by atoms with Crippen molar-refractivity contribution in [2.45, 2.75) is 31.8 Å². The van der Waals surface area contributed by atoms with E-state index in [-0.39, 0.29) is 27.5 Å². The molecule has 0 fully saturated rings.